The Morgan fingerprint density at radius 3 is 2.37 bits per heavy atom. The van der Waals surface area contributed by atoms with Gasteiger partial charge in [0.05, 0.1) is 6.54 Å². The lowest BCUT2D eigenvalue weighted by molar-refractivity contribution is -0.131. The van der Waals surface area contributed by atoms with E-state index in [1.807, 2.05) is 55.5 Å². The van der Waals surface area contributed by atoms with Gasteiger partial charge in [-0.15, -0.1) is 0 Å². The van der Waals surface area contributed by atoms with E-state index in [9.17, 15) is 9.59 Å². The van der Waals surface area contributed by atoms with Gasteiger partial charge in [0.25, 0.3) is 5.91 Å². The minimum absolute atomic E-state index is 0.207. The maximum Gasteiger partial charge on any atom is 0.325 e. The first-order valence-corrected chi connectivity index (χ1v) is 9.26. The molecule has 0 aliphatic carbocycles. The molecule has 1 aliphatic rings. The summed E-state index contributed by atoms with van der Waals surface area (Å²) in [7, 11) is 0. The van der Waals surface area contributed by atoms with Gasteiger partial charge in [0.2, 0.25) is 0 Å². The molecule has 0 saturated carbocycles. The fourth-order valence-electron chi connectivity index (χ4n) is 3.26. The summed E-state index contributed by atoms with van der Waals surface area (Å²) in [4.78, 5) is 26.6. The Morgan fingerprint density at radius 1 is 1.07 bits per heavy atom. The van der Waals surface area contributed by atoms with E-state index < -0.39 is 5.54 Å². The molecule has 1 heterocycles. The van der Waals surface area contributed by atoms with Gasteiger partial charge in [-0.25, -0.2) is 4.79 Å². The average molecular weight is 366 g/mol. The van der Waals surface area contributed by atoms with Gasteiger partial charge >= 0.3 is 6.03 Å². The Morgan fingerprint density at radius 2 is 1.74 bits per heavy atom. The van der Waals surface area contributed by atoms with Gasteiger partial charge in [0, 0.05) is 0 Å². The van der Waals surface area contributed by atoms with Gasteiger partial charge in [-0.05, 0) is 42.5 Å². The molecule has 0 bridgehead atoms. The monoisotopic (exact) mass is 366 g/mol. The summed E-state index contributed by atoms with van der Waals surface area (Å²) in [5.41, 5.74) is 1.95. The molecule has 0 radical (unpaired) electrons. The van der Waals surface area contributed by atoms with Crippen LogP contribution >= 0.6 is 0 Å². The summed E-state index contributed by atoms with van der Waals surface area (Å²) in [5.74, 6) is 0.922. The van der Waals surface area contributed by atoms with Crippen LogP contribution in [-0.4, -0.2) is 30.0 Å². The van der Waals surface area contributed by atoms with Gasteiger partial charge in [0.1, 0.15) is 17.9 Å². The number of benzene rings is 2. The van der Waals surface area contributed by atoms with E-state index in [0.29, 0.717) is 5.92 Å². The predicted molar refractivity (Wildman–Crippen MR) is 105 cm³/mol. The molecule has 3 rings (SSSR count). The number of nitrogens with zero attached hydrogens (tertiary/aromatic N) is 1. The number of carbonyl (C=O) groups is 2. The minimum Gasteiger partial charge on any atom is -0.491 e. The summed E-state index contributed by atoms with van der Waals surface area (Å²) in [6.45, 7) is 8.41. The Kier molecular flexibility index (Phi) is 5.22. The quantitative estimate of drug-likeness (QED) is 0.787. The van der Waals surface area contributed by atoms with Crippen molar-refractivity contribution in [2.75, 3.05) is 13.2 Å². The van der Waals surface area contributed by atoms with E-state index in [4.69, 9.17) is 4.74 Å². The SMILES string of the molecule is Cc1ccccc1OCCN1C(=O)NC(C)(c2ccc(C(C)C)cc2)C1=O. The highest BCUT2D eigenvalue weighted by Gasteiger charge is 2.48. The van der Waals surface area contributed by atoms with E-state index in [0.717, 1.165) is 16.9 Å². The first-order chi connectivity index (χ1) is 12.8. The third-order valence-electron chi connectivity index (χ3n) is 5.10. The first-order valence-electron chi connectivity index (χ1n) is 9.26. The fraction of sp³-hybridized carbons (Fsp3) is 0.364. The van der Waals surface area contributed by atoms with E-state index in [1.54, 1.807) is 6.92 Å². The molecule has 0 spiro atoms. The van der Waals surface area contributed by atoms with Crippen molar-refractivity contribution in [2.45, 2.75) is 39.2 Å². The van der Waals surface area contributed by atoms with Crippen LogP contribution in [0.15, 0.2) is 48.5 Å². The maximum atomic E-state index is 13.0. The Hall–Kier alpha value is -2.82. The van der Waals surface area contributed by atoms with Crippen LogP contribution in [0.3, 0.4) is 0 Å². The highest BCUT2D eigenvalue weighted by Crippen LogP contribution is 2.30. The average Bonchev–Trinajstić information content (AvgIpc) is 2.87. The van der Waals surface area contributed by atoms with Gasteiger partial charge in [-0.1, -0.05) is 56.3 Å². The van der Waals surface area contributed by atoms with Crippen LogP contribution in [0.4, 0.5) is 4.79 Å². The van der Waals surface area contributed by atoms with Crippen LogP contribution in [-0.2, 0) is 10.3 Å². The number of ether oxygens (including phenoxy) is 1. The largest absolute Gasteiger partial charge is 0.491 e. The lowest BCUT2D eigenvalue weighted by Gasteiger charge is -2.23. The van der Waals surface area contributed by atoms with Crippen LogP contribution in [0.5, 0.6) is 5.75 Å². The number of amides is 3. The van der Waals surface area contributed by atoms with Crippen molar-refractivity contribution in [3.63, 3.8) is 0 Å². The zero-order valence-corrected chi connectivity index (χ0v) is 16.3. The Balaban J connectivity index is 1.69. The highest BCUT2D eigenvalue weighted by atomic mass is 16.5. The normalized spacial score (nSPS) is 19.5. The molecule has 3 amide bonds. The zero-order chi connectivity index (χ0) is 19.6. The highest BCUT2D eigenvalue weighted by molar-refractivity contribution is 6.07. The molecule has 27 heavy (non-hydrogen) atoms. The second-order valence-corrected chi connectivity index (χ2v) is 7.40. The van der Waals surface area contributed by atoms with E-state index in [2.05, 4.69) is 19.2 Å². The molecule has 1 N–H and O–H groups in total. The van der Waals surface area contributed by atoms with Crippen molar-refractivity contribution < 1.29 is 14.3 Å². The summed E-state index contributed by atoms with van der Waals surface area (Å²) in [6, 6.07) is 15.1. The molecule has 5 heteroatoms. The smallest absolute Gasteiger partial charge is 0.325 e. The van der Waals surface area contributed by atoms with Gasteiger partial charge in [-0.3, -0.25) is 9.69 Å². The number of aryl methyl sites for hydroxylation is 1. The second kappa shape index (κ2) is 7.43. The van der Waals surface area contributed by atoms with Crippen LogP contribution < -0.4 is 10.1 Å². The Bertz CT molecular complexity index is 845. The molecule has 2 aromatic rings. The summed E-state index contributed by atoms with van der Waals surface area (Å²) in [5, 5.41) is 2.84. The number of hydrogen-bond donors (Lipinski definition) is 1. The third kappa shape index (κ3) is 3.68. The fourth-order valence-corrected chi connectivity index (χ4v) is 3.26. The number of para-hydroxylation sites is 1. The van der Waals surface area contributed by atoms with Crippen LogP contribution in [0.25, 0.3) is 0 Å². The molecule has 1 saturated heterocycles. The zero-order valence-electron chi connectivity index (χ0n) is 16.3. The molecular formula is C22H26N2O3. The molecule has 1 fully saturated rings. The molecule has 1 aliphatic heterocycles. The molecule has 2 aromatic carbocycles. The lowest BCUT2D eigenvalue weighted by Crippen LogP contribution is -2.41. The van der Waals surface area contributed by atoms with Crippen molar-refractivity contribution in [3.8, 4) is 5.75 Å². The molecular weight excluding hydrogens is 340 g/mol. The number of urea groups is 1. The van der Waals surface area contributed by atoms with Gasteiger partial charge < -0.3 is 10.1 Å². The number of imide groups is 1. The van der Waals surface area contributed by atoms with E-state index in [-0.39, 0.29) is 25.1 Å². The third-order valence-corrected chi connectivity index (χ3v) is 5.10. The molecule has 5 nitrogen and oxygen atoms in total. The summed E-state index contributed by atoms with van der Waals surface area (Å²) >= 11 is 0. The van der Waals surface area contributed by atoms with Crippen LogP contribution in [0.2, 0.25) is 0 Å². The van der Waals surface area contributed by atoms with Crippen LogP contribution in [0, 0.1) is 6.92 Å². The molecule has 1 unspecified atom stereocenters. The first kappa shape index (κ1) is 19.0. The summed E-state index contributed by atoms with van der Waals surface area (Å²) in [6.07, 6.45) is 0. The van der Waals surface area contributed by atoms with E-state index >= 15 is 0 Å². The van der Waals surface area contributed by atoms with Gasteiger partial charge in [-0.2, -0.15) is 0 Å². The summed E-state index contributed by atoms with van der Waals surface area (Å²) < 4.78 is 5.74. The number of nitrogens with one attached hydrogen (secondary N) is 1. The van der Waals surface area contributed by atoms with E-state index in [1.165, 1.54) is 10.5 Å². The molecule has 0 aromatic heterocycles. The predicted octanol–water partition coefficient (Wildman–Crippen LogP) is 3.96. The number of hydrogen-bond acceptors (Lipinski definition) is 3. The second-order valence-electron chi connectivity index (χ2n) is 7.40. The Labute approximate surface area is 160 Å². The topological polar surface area (TPSA) is 58.6 Å². The van der Waals surface area contributed by atoms with Crippen molar-refractivity contribution in [2.24, 2.45) is 0 Å². The lowest BCUT2D eigenvalue weighted by atomic mass is 9.90. The minimum atomic E-state index is -1.05. The van der Waals surface area contributed by atoms with Crippen molar-refractivity contribution in [1.29, 1.82) is 0 Å². The van der Waals surface area contributed by atoms with Crippen molar-refractivity contribution in [3.05, 3.63) is 65.2 Å². The molecule has 142 valence electrons. The van der Waals surface area contributed by atoms with Crippen molar-refractivity contribution in [1.82, 2.24) is 10.2 Å². The number of rotatable bonds is 6. The maximum absolute atomic E-state index is 13.0. The standard InChI is InChI=1S/C22H26N2O3/c1-15(2)17-9-11-18(12-10-17)22(4)20(25)24(21(26)23-22)13-14-27-19-8-6-5-7-16(19)3/h5-12,15H,13-14H2,1-4H3,(H,23,26). The van der Waals surface area contributed by atoms with Crippen LogP contribution in [0.1, 0.15) is 43.4 Å². The van der Waals surface area contributed by atoms with Crippen molar-refractivity contribution >= 4 is 11.9 Å². The number of carbonyl (C=O) groups excluding carboxylic acids is 2. The molecule has 1 atom stereocenters. The van der Waals surface area contributed by atoms with Gasteiger partial charge in [0.15, 0.2) is 0 Å².